The molecule has 166 valence electrons. The highest BCUT2D eigenvalue weighted by Crippen LogP contribution is 2.38. The Bertz CT molecular complexity index is 1090. The summed E-state index contributed by atoms with van der Waals surface area (Å²) >= 11 is 0. The van der Waals surface area contributed by atoms with Gasteiger partial charge in [0.2, 0.25) is 0 Å². The van der Waals surface area contributed by atoms with Crippen LogP contribution in [-0.4, -0.2) is 33.0 Å². The van der Waals surface area contributed by atoms with Gasteiger partial charge in [0.05, 0.1) is 16.9 Å². The molecule has 1 aromatic heterocycles. The zero-order chi connectivity index (χ0) is 22.5. The van der Waals surface area contributed by atoms with Crippen LogP contribution in [0.4, 0.5) is 0 Å². The Balaban J connectivity index is 1.48. The maximum absolute atomic E-state index is 11.3. The molecule has 32 heavy (non-hydrogen) atoms. The molecule has 0 spiro atoms. The van der Waals surface area contributed by atoms with Crippen molar-refractivity contribution in [1.82, 2.24) is 4.98 Å². The van der Waals surface area contributed by atoms with Crippen LogP contribution in [-0.2, 0) is 11.4 Å². The van der Waals surface area contributed by atoms with Crippen molar-refractivity contribution in [2.45, 2.75) is 50.7 Å². The summed E-state index contributed by atoms with van der Waals surface area (Å²) < 4.78 is 5.91. The van der Waals surface area contributed by atoms with E-state index in [9.17, 15) is 15.0 Å². The van der Waals surface area contributed by atoms with E-state index >= 15 is 0 Å². The minimum absolute atomic E-state index is 0.140. The van der Waals surface area contributed by atoms with Gasteiger partial charge in [-0.1, -0.05) is 55.7 Å². The summed E-state index contributed by atoms with van der Waals surface area (Å²) in [5.74, 6) is -0.938. The number of benzene rings is 2. The second kappa shape index (κ2) is 9.92. The second-order valence-electron chi connectivity index (χ2n) is 8.42. The minimum Gasteiger partial charge on any atom is -0.487 e. The summed E-state index contributed by atoms with van der Waals surface area (Å²) in [6.45, 7) is 0.337. The van der Waals surface area contributed by atoms with Crippen LogP contribution in [0.3, 0.4) is 0 Å². The fourth-order valence-electron chi connectivity index (χ4n) is 4.59. The molecule has 0 saturated heterocycles. The summed E-state index contributed by atoms with van der Waals surface area (Å²) in [6.07, 6.45) is 3.39. The van der Waals surface area contributed by atoms with Gasteiger partial charge in [0.25, 0.3) is 0 Å². The van der Waals surface area contributed by atoms with Crippen LogP contribution in [0.1, 0.15) is 49.3 Å². The quantitative estimate of drug-likeness (QED) is 0.437. The Morgan fingerprint density at radius 3 is 2.47 bits per heavy atom. The summed E-state index contributed by atoms with van der Waals surface area (Å²) in [6, 6.07) is 19.4. The first kappa shape index (κ1) is 22.0. The van der Waals surface area contributed by atoms with Crippen molar-refractivity contribution in [1.29, 1.82) is 5.41 Å². The molecule has 1 fully saturated rings. The molecule has 1 heterocycles. The smallest absolute Gasteiger partial charge is 0.338 e. The van der Waals surface area contributed by atoms with E-state index in [1.807, 2.05) is 60.7 Å². The number of ether oxygens (including phenoxy) is 1. The SMILES string of the molecule is N=C(C(O)C(=O)O)C(c1ccc(OCc2ccc3ccccc3n2)cc1)C1CCCCC1. The van der Waals surface area contributed by atoms with Crippen LogP contribution >= 0.6 is 0 Å². The van der Waals surface area contributed by atoms with E-state index in [2.05, 4.69) is 4.98 Å². The molecule has 1 aliphatic rings. The molecule has 0 bridgehead atoms. The number of nitrogens with one attached hydrogen (secondary N) is 1. The maximum atomic E-state index is 11.3. The molecular weight excluding hydrogens is 404 g/mol. The number of hydrogen-bond acceptors (Lipinski definition) is 5. The Morgan fingerprint density at radius 2 is 1.75 bits per heavy atom. The van der Waals surface area contributed by atoms with Gasteiger partial charge in [0.15, 0.2) is 6.10 Å². The van der Waals surface area contributed by atoms with Crippen molar-refractivity contribution in [2.24, 2.45) is 5.92 Å². The van der Waals surface area contributed by atoms with Crippen LogP contribution in [0.2, 0.25) is 0 Å². The topological polar surface area (TPSA) is 104 Å². The highest BCUT2D eigenvalue weighted by Gasteiger charge is 2.34. The van der Waals surface area contributed by atoms with Crippen molar-refractivity contribution in [2.75, 3.05) is 0 Å². The number of fused-ring (bicyclic) bond motifs is 1. The van der Waals surface area contributed by atoms with E-state index in [0.717, 1.165) is 54.3 Å². The first-order valence-electron chi connectivity index (χ1n) is 11.1. The fourth-order valence-corrected chi connectivity index (χ4v) is 4.59. The van der Waals surface area contributed by atoms with Gasteiger partial charge in [-0.05, 0) is 48.6 Å². The normalized spacial score (nSPS) is 16.4. The van der Waals surface area contributed by atoms with Gasteiger partial charge in [-0.2, -0.15) is 0 Å². The zero-order valence-electron chi connectivity index (χ0n) is 17.9. The highest BCUT2D eigenvalue weighted by molar-refractivity contribution is 6.05. The van der Waals surface area contributed by atoms with Crippen molar-refractivity contribution >= 4 is 22.6 Å². The Hall–Kier alpha value is -3.25. The summed E-state index contributed by atoms with van der Waals surface area (Å²) in [5.41, 5.74) is 2.46. The Labute approximate surface area is 187 Å². The number of nitrogens with zero attached hydrogens (tertiary/aromatic N) is 1. The van der Waals surface area contributed by atoms with E-state index in [4.69, 9.17) is 10.1 Å². The van der Waals surface area contributed by atoms with Crippen LogP contribution in [0, 0.1) is 11.3 Å². The number of aliphatic hydroxyl groups excluding tert-OH is 1. The number of aromatic nitrogens is 1. The van der Waals surface area contributed by atoms with Crippen LogP contribution in [0.25, 0.3) is 10.9 Å². The van der Waals surface area contributed by atoms with Crippen LogP contribution in [0.5, 0.6) is 5.75 Å². The van der Waals surface area contributed by atoms with Gasteiger partial charge >= 0.3 is 5.97 Å². The molecule has 4 rings (SSSR count). The highest BCUT2D eigenvalue weighted by atomic mass is 16.5. The molecule has 3 N–H and O–H groups in total. The molecule has 2 aromatic carbocycles. The summed E-state index contributed by atoms with van der Waals surface area (Å²) in [4.78, 5) is 15.9. The largest absolute Gasteiger partial charge is 0.487 e. The van der Waals surface area contributed by atoms with E-state index < -0.39 is 18.0 Å². The lowest BCUT2D eigenvalue weighted by Gasteiger charge is -2.32. The van der Waals surface area contributed by atoms with Crippen molar-refractivity contribution in [3.05, 3.63) is 71.9 Å². The zero-order valence-corrected chi connectivity index (χ0v) is 17.9. The summed E-state index contributed by atoms with van der Waals surface area (Å²) in [7, 11) is 0. The number of carboxylic acids is 1. The first-order chi connectivity index (χ1) is 15.5. The number of aliphatic carboxylic acids is 1. The molecule has 1 saturated carbocycles. The molecule has 2 atom stereocenters. The molecule has 0 radical (unpaired) electrons. The fraction of sp³-hybridized carbons (Fsp3) is 0.346. The monoisotopic (exact) mass is 432 g/mol. The number of carbonyl (C=O) groups is 1. The molecule has 6 nitrogen and oxygen atoms in total. The number of rotatable bonds is 8. The van der Waals surface area contributed by atoms with E-state index in [0.29, 0.717) is 12.4 Å². The lowest BCUT2D eigenvalue weighted by Crippen LogP contribution is -2.36. The first-order valence-corrected chi connectivity index (χ1v) is 11.1. The predicted molar refractivity (Wildman–Crippen MR) is 123 cm³/mol. The third-order valence-electron chi connectivity index (χ3n) is 6.27. The summed E-state index contributed by atoms with van der Waals surface area (Å²) in [5, 5.41) is 28.7. The molecule has 6 heteroatoms. The molecule has 3 aromatic rings. The lowest BCUT2D eigenvalue weighted by atomic mass is 9.73. The van der Waals surface area contributed by atoms with Crippen LogP contribution in [0.15, 0.2) is 60.7 Å². The second-order valence-corrected chi connectivity index (χ2v) is 8.42. The average Bonchev–Trinajstić information content (AvgIpc) is 2.83. The van der Waals surface area contributed by atoms with Gasteiger partial charge < -0.3 is 20.4 Å². The predicted octanol–water partition coefficient (Wildman–Crippen LogP) is 4.94. The van der Waals surface area contributed by atoms with Gasteiger partial charge in [0.1, 0.15) is 12.4 Å². The number of para-hydroxylation sites is 1. The third kappa shape index (κ3) is 4.97. The number of pyridine rings is 1. The molecule has 1 aliphatic carbocycles. The Kier molecular flexibility index (Phi) is 6.81. The van der Waals surface area contributed by atoms with E-state index in [-0.39, 0.29) is 11.6 Å². The van der Waals surface area contributed by atoms with E-state index in [1.165, 1.54) is 0 Å². The molecule has 0 amide bonds. The maximum Gasteiger partial charge on any atom is 0.338 e. The molecule has 0 aliphatic heterocycles. The van der Waals surface area contributed by atoms with Gasteiger partial charge in [0, 0.05) is 11.3 Å². The molecule has 2 unspecified atom stereocenters. The standard InChI is InChI=1S/C26H28N2O4/c27-24(25(29)26(30)31)23(18-7-2-1-3-8-18)19-11-14-21(15-12-19)32-16-20-13-10-17-6-4-5-9-22(17)28-20/h4-6,9-15,18,23,25,27,29H,1-3,7-8,16H2,(H,30,31). The van der Waals surface area contributed by atoms with Crippen molar-refractivity contribution < 1.29 is 19.7 Å². The van der Waals surface area contributed by atoms with Crippen molar-refractivity contribution in [3.63, 3.8) is 0 Å². The van der Waals surface area contributed by atoms with Gasteiger partial charge in [-0.15, -0.1) is 0 Å². The van der Waals surface area contributed by atoms with Crippen LogP contribution < -0.4 is 4.74 Å². The van der Waals surface area contributed by atoms with Gasteiger partial charge in [-0.25, -0.2) is 9.78 Å². The number of carboxylic acid groups (broad SMARTS) is 1. The average molecular weight is 433 g/mol. The number of hydrogen-bond donors (Lipinski definition) is 3. The Morgan fingerprint density at radius 1 is 1.03 bits per heavy atom. The lowest BCUT2D eigenvalue weighted by molar-refractivity contribution is -0.143. The molecular formula is C26H28N2O4. The minimum atomic E-state index is -1.78. The van der Waals surface area contributed by atoms with E-state index in [1.54, 1.807) is 0 Å². The third-order valence-corrected chi connectivity index (χ3v) is 6.27. The van der Waals surface area contributed by atoms with Crippen molar-refractivity contribution in [3.8, 4) is 5.75 Å². The number of aliphatic hydroxyl groups is 1. The van der Waals surface area contributed by atoms with Gasteiger partial charge in [-0.3, -0.25) is 0 Å².